The maximum absolute atomic E-state index is 5.44. The summed E-state index contributed by atoms with van der Waals surface area (Å²) in [5.41, 5.74) is 9.70. The van der Waals surface area contributed by atoms with E-state index in [1.807, 2.05) is 54.7 Å². The average Bonchev–Trinajstić information content (AvgIpc) is 3.60. The van der Waals surface area contributed by atoms with Gasteiger partial charge >= 0.3 is 0 Å². The Morgan fingerprint density at radius 1 is 0.386 bits per heavy atom. The Morgan fingerprint density at radius 3 is 1.73 bits per heavy atom. The smallest absolute Gasteiger partial charge is 0.149 e. The van der Waals surface area contributed by atoms with Gasteiger partial charge in [0.1, 0.15) is 11.3 Å². The van der Waals surface area contributed by atoms with Crippen LogP contribution in [0.2, 0.25) is 0 Å². The summed E-state index contributed by atoms with van der Waals surface area (Å²) in [6.45, 7) is 0. The molecule has 0 spiro atoms. The van der Waals surface area contributed by atoms with E-state index in [0.29, 0.717) is 0 Å². The number of nitrogens with zero attached hydrogens (tertiary/aromatic N) is 7. The summed E-state index contributed by atoms with van der Waals surface area (Å²) in [5.74, 6) is 0. The zero-order valence-corrected chi connectivity index (χ0v) is 23.4. The van der Waals surface area contributed by atoms with Crippen LogP contribution in [0.4, 0.5) is 0 Å². The number of fused-ring (bicyclic) bond motifs is 6. The van der Waals surface area contributed by atoms with Gasteiger partial charge in [-0.3, -0.25) is 24.1 Å². The normalized spacial score (nSPS) is 11.6. The highest BCUT2D eigenvalue weighted by molar-refractivity contribution is 6.15. The van der Waals surface area contributed by atoms with E-state index >= 15 is 0 Å². The van der Waals surface area contributed by atoms with Crippen LogP contribution in [0.1, 0.15) is 0 Å². The molecule has 0 unspecified atom stereocenters. The number of para-hydroxylation sites is 2. The summed E-state index contributed by atoms with van der Waals surface area (Å²) in [5, 5.41) is 3.22. The van der Waals surface area contributed by atoms with Gasteiger partial charge in [0.05, 0.1) is 45.0 Å². The molecule has 0 aliphatic carbocycles. The van der Waals surface area contributed by atoms with E-state index in [1.54, 1.807) is 12.4 Å². The molecule has 7 heterocycles. The van der Waals surface area contributed by atoms with Crippen LogP contribution < -0.4 is 0 Å². The lowest BCUT2D eigenvalue weighted by Crippen LogP contribution is -2.01. The van der Waals surface area contributed by atoms with Crippen LogP contribution in [0.15, 0.2) is 140 Å². The third kappa shape index (κ3) is 3.73. The molecule has 2 aromatic carbocycles. The van der Waals surface area contributed by atoms with Crippen molar-refractivity contribution in [3.8, 4) is 34.2 Å². The molecule has 7 nitrogen and oxygen atoms in total. The molecule has 0 amide bonds. The quantitative estimate of drug-likeness (QED) is 0.215. The van der Waals surface area contributed by atoms with Gasteiger partial charge in [0, 0.05) is 40.4 Å². The fraction of sp³-hybridized carbons (Fsp3) is 0. The van der Waals surface area contributed by atoms with Crippen molar-refractivity contribution in [3.05, 3.63) is 140 Å². The first kappa shape index (κ1) is 24.4. The molecule has 206 valence electrons. The van der Waals surface area contributed by atoms with E-state index in [-0.39, 0.29) is 0 Å². The van der Waals surface area contributed by atoms with Crippen LogP contribution in [0.25, 0.3) is 78.2 Å². The van der Waals surface area contributed by atoms with Crippen molar-refractivity contribution in [2.45, 2.75) is 0 Å². The molecule has 0 atom stereocenters. The second-order valence-corrected chi connectivity index (χ2v) is 10.7. The topological polar surface area (TPSA) is 74.3 Å². The summed E-state index contributed by atoms with van der Waals surface area (Å²) in [6, 6.07) is 41.0. The van der Waals surface area contributed by atoms with Gasteiger partial charge < -0.3 is 0 Å². The molecule has 0 fully saturated rings. The fourth-order valence-electron chi connectivity index (χ4n) is 6.15. The van der Waals surface area contributed by atoms with Crippen molar-refractivity contribution >= 4 is 44.0 Å². The monoisotopic (exact) mass is 565 g/mol. The number of hydrogen-bond donors (Lipinski definition) is 0. The molecule has 0 radical (unpaired) electrons. The largest absolute Gasteiger partial charge is 0.294 e. The highest BCUT2D eigenvalue weighted by Crippen LogP contribution is 2.38. The van der Waals surface area contributed by atoms with Crippen molar-refractivity contribution in [1.29, 1.82) is 0 Å². The highest BCUT2D eigenvalue weighted by Gasteiger charge is 2.21. The first-order chi connectivity index (χ1) is 21.8. The van der Waals surface area contributed by atoms with E-state index in [1.165, 1.54) is 0 Å². The van der Waals surface area contributed by atoms with Crippen LogP contribution in [0, 0.1) is 0 Å². The fourth-order valence-corrected chi connectivity index (χ4v) is 6.15. The Labute approximate surface area is 251 Å². The summed E-state index contributed by atoms with van der Waals surface area (Å²) < 4.78 is 4.43. The van der Waals surface area contributed by atoms with E-state index in [2.05, 4.69) is 91.9 Å². The molecule has 0 N–H and O–H groups in total. The Balaban J connectivity index is 1.41. The minimum absolute atomic E-state index is 0.752. The van der Waals surface area contributed by atoms with Crippen LogP contribution in [0.5, 0.6) is 0 Å². The lowest BCUT2D eigenvalue weighted by atomic mass is 10.1. The van der Waals surface area contributed by atoms with Crippen LogP contribution in [-0.4, -0.2) is 34.1 Å². The molecule has 0 saturated heterocycles. The molecule has 9 aromatic rings. The van der Waals surface area contributed by atoms with Crippen molar-refractivity contribution in [1.82, 2.24) is 34.1 Å². The van der Waals surface area contributed by atoms with Gasteiger partial charge in [-0.15, -0.1) is 0 Å². The molecular weight excluding hydrogens is 542 g/mol. The zero-order chi connectivity index (χ0) is 29.0. The standard InChI is InChI=1S/C37H23N7/c1-2-11-24(12-3-1)43-33-16-5-4-13-26(33)27-23-28-35-34(17-10-20-40-35)44(37(28)42-36(27)43)25-21-31(29-14-6-8-18-38-29)41-32(22-25)30-15-7-9-19-39-30/h1-23H. The summed E-state index contributed by atoms with van der Waals surface area (Å²) in [6.07, 6.45) is 5.42. The average molecular weight is 566 g/mol. The first-order valence-corrected chi connectivity index (χ1v) is 14.4. The lowest BCUT2D eigenvalue weighted by molar-refractivity contribution is 1.10. The van der Waals surface area contributed by atoms with Crippen molar-refractivity contribution < 1.29 is 0 Å². The minimum Gasteiger partial charge on any atom is -0.294 e. The number of pyridine rings is 5. The summed E-state index contributed by atoms with van der Waals surface area (Å²) >= 11 is 0. The molecule has 9 rings (SSSR count). The van der Waals surface area contributed by atoms with Gasteiger partial charge in [-0.25, -0.2) is 9.97 Å². The number of hydrogen-bond acceptors (Lipinski definition) is 5. The van der Waals surface area contributed by atoms with E-state index in [4.69, 9.17) is 15.0 Å². The first-order valence-electron chi connectivity index (χ1n) is 14.4. The molecular formula is C37H23N7. The molecule has 7 aromatic heterocycles. The lowest BCUT2D eigenvalue weighted by Gasteiger charge is -2.12. The number of aromatic nitrogens is 7. The minimum atomic E-state index is 0.752. The van der Waals surface area contributed by atoms with Crippen molar-refractivity contribution in [3.63, 3.8) is 0 Å². The molecule has 0 aliphatic heterocycles. The molecule has 0 saturated carbocycles. The van der Waals surface area contributed by atoms with Gasteiger partial charge in [-0.05, 0) is 72.8 Å². The molecule has 0 bridgehead atoms. The van der Waals surface area contributed by atoms with Gasteiger partial charge in [0.2, 0.25) is 0 Å². The predicted molar refractivity (Wildman–Crippen MR) is 175 cm³/mol. The third-order valence-corrected chi connectivity index (χ3v) is 8.06. The SMILES string of the molecule is c1ccc(-n2c3ccccc3c3cc4c5ncccc5n(-c5cc(-c6ccccn6)nc(-c6ccccn6)c5)c4nc32)cc1. The Kier molecular flexibility index (Phi) is 5.36. The van der Waals surface area contributed by atoms with Crippen LogP contribution >= 0.6 is 0 Å². The summed E-state index contributed by atoms with van der Waals surface area (Å²) in [7, 11) is 0. The van der Waals surface area contributed by atoms with Gasteiger partial charge in [-0.1, -0.05) is 48.5 Å². The molecule has 0 aliphatic rings. The highest BCUT2D eigenvalue weighted by atomic mass is 15.1. The van der Waals surface area contributed by atoms with Crippen LogP contribution in [0.3, 0.4) is 0 Å². The van der Waals surface area contributed by atoms with Crippen molar-refractivity contribution in [2.75, 3.05) is 0 Å². The Bertz CT molecular complexity index is 2420. The van der Waals surface area contributed by atoms with Gasteiger partial charge in [0.25, 0.3) is 0 Å². The van der Waals surface area contributed by atoms with Crippen LogP contribution in [-0.2, 0) is 0 Å². The van der Waals surface area contributed by atoms with E-state index in [9.17, 15) is 0 Å². The maximum atomic E-state index is 5.44. The Morgan fingerprint density at radius 2 is 1.00 bits per heavy atom. The van der Waals surface area contributed by atoms with E-state index < -0.39 is 0 Å². The number of rotatable bonds is 4. The van der Waals surface area contributed by atoms with Gasteiger partial charge in [-0.2, -0.15) is 0 Å². The van der Waals surface area contributed by atoms with Gasteiger partial charge in [0.15, 0.2) is 0 Å². The van der Waals surface area contributed by atoms with Crippen molar-refractivity contribution in [2.24, 2.45) is 0 Å². The van der Waals surface area contributed by atoms with E-state index in [0.717, 1.165) is 78.2 Å². The summed E-state index contributed by atoms with van der Waals surface area (Å²) in [4.78, 5) is 24.5. The third-order valence-electron chi connectivity index (χ3n) is 8.06. The zero-order valence-electron chi connectivity index (χ0n) is 23.4. The second-order valence-electron chi connectivity index (χ2n) is 10.7. The molecule has 44 heavy (non-hydrogen) atoms. The maximum Gasteiger partial charge on any atom is 0.149 e. The molecule has 7 heteroatoms. The number of benzene rings is 2. The Hall–Kier alpha value is -6.21. The second kappa shape index (κ2) is 9.68. The predicted octanol–water partition coefficient (Wildman–Crippen LogP) is 8.19.